The molecule has 0 aromatic heterocycles. The van der Waals surface area contributed by atoms with E-state index in [1.807, 2.05) is 36.4 Å². The number of amides is 1. The molecule has 0 bridgehead atoms. The van der Waals surface area contributed by atoms with Crippen molar-refractivity contribution < 1.29 is 4.79 Å². The minimum absolute atomic E-state index is 0. The Labute approximate surface area is 157 Å². The summed E-state index contributed by atoms with van der Waals surface area (Å²) in [7, 11) is 0. The van der Waals surface area contributed by atoms with Crippen molar-refractivity contribution in [1.82, 2.24) is 10.6 Å². The topological polar surface area (TPSA) is 53.5 Å². The number of halogens is 1. The molecule has 0 aliphatic carbocycles. The fourth-order valence-corrected chi connectivity index (χ4v) is 4.57. The molecule has 130 valence electrons. The van der Waals surface area contributed by atoms with Crippen LogP contribution in [0.25, 0.3) is 0 Å². The van der Waals surface area contributed by atoms with Crippen LogP contribution in [-0.2, 0) is 5.54 Å². The van der Waals surface area contributed by atoms with E-state index >= 15 is 0 Å². The number of hydrogen-bond donors (Lipinski definition) is 2. The molecule has 4 nitrogen and oxygen atoms in total. The average molecular weight is 374 g/mol. The van der Waals surface area contributed by atoms with Gasteiger partial charge in [0.25, 0.3) is 5.91 Å². The zero-order valence-electron chi connectivity index (χ0n) is 13.6. The molecule has 2 aliphatic rings. The zero-order valence-corrected chi connectivity index (χ0v) is 15.3. The molecule has 2 unspecified atom stereocenters. The number of rotatable bonds is 2. The van der Waals surface area contributed by atoms with Crippen LogP contribution in [0.4, 0.5) is 0 Å². The van der Waals surface area contributed by atoms with Crippen LogP contribution in [0.15, 0.2) is 65.7 Å². The Morgan fingerprint density at radius 3 is 2.52 bits per heavy atom. The summed E-state index contributed by atoms with van der Waals surface area (Å²) in [4.78, 5) is 17.4. The summed E-state index contributed by atoms with van der Waals surface area (Å²) in [5.74, 6) is 1.30. The van der Waals surface area contributed by atoms with E-state index in [0.717, 1.165) is 18.8 Å². The molecule has 1 saturated heterocycles. The molecule has 25 heavy (non-hydrogen) atoms. The van der Waals surface area contributed by atoms with Crippen molar-refractivity contribution in [2.75, 3.05) is 18.8 Å². The maximum atomic E-state index is 12.4. The molecule has 2 atom stereocenters. The summed E-state index contributed by atoms with van der Waals surface area (Å²) in [6, 6.07) is 19.7. The van der Waals surface area contributed by atoms with E-state index in [9.17, 15) is 4.79 Å². The minimum atomic E-state index is -0.272. The van der Waals surface area contributed by atoms with Crippen molar-refractivity contribution in [3.05, 3.63) is 71.8 Å². The Hall–Kier alpha value is -1.82. The van der Waals surface area contributed by atoms with E-state index in [-0.39, 0.29) is 23.9 Å². The van der Waals surface area contributed by atoms with Crippen molar-refractivity contribution >= 4 is 35.2 Å². The Morgan fingerprint density at radius 2 is 1.80 bits per heavy atom. The lowest BCUT2D eigenvalue weighted by atomic mass is 9.82. The molecule has 1 amide bonds. The quantitative estimate of drug-likeness (QED) is 0.850. The van der Waals surface area contributed by atoms with Gasteiger partial charge in [-0.05, 0) is 17.7 Å². The number of carbonyl (C=O) groups is 1. The smallest absolute Gasteiger partial charge is 0.257 e. The lowest BCUT2D eigenvalue weighted by molar-refractivity contribution is 0.0977. The van der Waals surface area contributed by atoms with Crippen molar-refractivity contribution in [2.24, 2.45) is 10.9 Å². The third-order valence-corrected chi connectivity index (χ3v) is 5.75. The molecule has 4 rings (SSSR count). The molecule has 1 fully saturated rings. The Balaban J connectivity index is 0.00000182. The Morgan fingerprint density at radius 1 is 1.12 bits per heavy atom. The average Bonchev–Trinajstić information content (AvgIpc) is 3.07. The first-order valence-corrected chi connectivity index (χ1v) is 9.12. The number of fused-ring (bicyclic) bond motifs is 1. The fraction of sp³-hybridized carbons (Fsp3) is 0.263. The van der Waals surface area contributed by atoms with Crippen molar-refractivity contribution in [2.45, 2.75) is 5.54 Å². The van der Waals surface area contributed by atoms with Gasteiger partial charge in [-0.1, -0.05) is 60.3 Å². The van der Waals surface area contributed by atoms with Gasteiger partial charge in [0, 0.05) is 30.3 Å². The highest BCUT2D eigenvalue weighted by Crippen LogP contribution is 2.42. The molecule has 0 saturated carbocycles. The number of nitrogens with one attached hydrogen (secondary N) is 2. The van der Waals surface area contributed by atoms with Crippen LogP contribution in [0.3, 0.4) is 0 Å². The van der Waals surface area contributed by atoms with E-state index < -0.39 is 0 Å². The number of thioether (sulfide) groups is 1. The number of benzene rings is 2. The van der Waals surface area contributed by atoms with Crippen LogP contribution in [-0.4, -0.2) is 29.9 Å². The molecule has 0 spiro atoms. The van der Waals surface area contributed by atoms with Crippen molar-refractivity contribution in [1.29, 1.82) is 0 Å². The van der Waals surface area contributed by atoms with Gasteiger partial charge in [0.2, 0.25) is 0 Å². The van der Waals surface area contributed by atoms with Gasteiger partial charge >= 0.3 is 0 Å². The van der Waals surface area contributed by atoms with E-state index in [4.69, 9.17) is 4.99 Å². The molecule has 2 aliphatic heterocycles. The van der Waals surface area contributed by atoms with Gasteiger partial charge in [-0.2, -0.15) is 0 Å². The van der Waals surface area contributed by atoms with Gasteiger partial charge < -0.3 is 10.6 Å². The summed E-state index contributed by atoms with van der Waals surface area (Å²) in [5, 5.41) is 7.18. The normalized spacial score (nSPS) is 24.6. The molecule has 0 radical (unpaired) electrons. The highest BCUT2D eigenvalue weighted by molar-refractivity contribution is 8.13. The van der Waals surface area contributed by atoms with Crippen LogP contribution in [0.5, 0.6) is 0 Å². The molecular weight excluding hydrogens is 354 g/mol. The summed E-state index contributed by atoms with van der Waals surface area (Å²) in [6.07, 6.45) is 0. The van der Waals surface area contributed by atoms with Crippen LogP contribution < -0.4 is 10.6 Å². The predicted molar refractivity (Wildman–Crippen MR) is 106 cm³/mol. The second-order valence-corrected chi connectivity index (χ2v) is 7.17. The van der Waals surface area contributed by atoms with Gasteiger partial charge in [-0.3, -0.25) is 4.79 Å². The Bertz CT molecular complexity index is 769. The number of hydrogen-bond acceptors (Lipinski definition) is 4. The number of amidine groups is 1. The number of carbonyl (C=O) groups excluding carboxylic acids is 1. The monoisotopic (exact) mass is 373 g/mol. The van der Waals surface area contributed by atoms with Crippen molar-refractivity contribution in [3.63, 3.8) is 0 Å². The molecular formula is C19H20ClN3OS. The minimum Gasteiger partial charge on any atom is -0.314 e. The summed E-state index contributed by atoms with van der Waals surface area (Å²) < 4.78 is 0. The van der Waals surface area contributed by atoms with Gasteiger partial charge in [0.15, 0.2) is 5.17 Å². The van der Waals surface area contributed by atoms with Crippen LogP contribution in [0.2, 0.25) is 0 Å². The van der Waals surface area contributed by atoms with Gasteiger partial charge in [0.05, 0.1) is 0 Å². The summed E-state index contributed by atoms with van der Waals surface area (Å²) in [6.45, 7) is 1.78. The molecule has 2 heterocycles. The number of aliphatic imine (C=N–C) groups is 1. The first kappa shape index (κ1) is 18.0. The highest BCUT2D eigenvalue weighted by Gasteiger charge is 2.47. The van der Waals surface area contributed by atoms with E-state index in [1.54, 1.807) is 11.8 Å². The maximum absolute atomic E-state index is 12.4. The largest absolute Gasteiger partial charge is 0.314 e. The van der Waals surface area contributed by atoms with Gasteiger partial charge in [-0.15, -0.1) is 12.4 Å². The second kappa shape index (κ2) is 7.60. The van der Waals surface area contributed by atoms with Gasteiger partial charge in [0.1, 0.15) is 5.54 Å². The maximum Gasteiger partial charge on any atom is 0.257 e. The SMILES string of the molecule is Cl.O=C(NC1=NC2(c3ccccc3)CNCC2CS1)c1ccccc1. The summed E-state index contributed by atoms with van der Waals surface area (Å²) >= 11 is 1.63. The first-order chi connectivity index (χ1) is 11.8. The molecule has 2 aromatic rings. The second-order valence-electron chi connectivity index (χ2n) is 6.17. The van der Waals surface area contributed by atoms with Crippen LogP contribution in [0, 0.1) is 5.92 Å². The summed E-state index contributed by atoms with van der Waals surface area (Å²) in [5.41, 5.74) is 1.60. The standard InChI is InChI=1S/C19H19N3OS.ClH/c23-17(14-7-3-1-4-8-14)21-18-22-19(15-9-5-2-6-10-15)13-20-11-16(19)12-24-18;/h1-10,16,20H,11-13H2,(H,21,22,23);1H. The molecule has 6 heteroatoms. The van der Waals surface area contributed by atoms with E-state index in [0.29, 0.717) is 16.6 Å². The van der Waals surface area contributed by atoms with Gasteiger partial charge in [-0.25, -0.2) is 4.99 Å². The fourth-order valence-electron chi connectivity index (χ4n) is 3.42. The van der Waals surface area contributed by atoms with E-state index in [2.05, 4.69) is 34.9 Å². The highest BCUT2D eigenvalue weighted by atomic mass is 35.5. The zero-order chi connectivity index (χ0) is 16.4. The van der Waals surface area contributed by atoms with Crippen LogP contribution in [0.1, 0.15) is 15.9 Å². The van der Waals surface area contributed by atoms with Crippen molar-refractivity contribution in [3.8, 4) is 0 Å². The third-order valence-electron chi connectivity index (χ3n) is 4.71. The Kier molecular flexibility index (Phi) is 5.47. The number of nitrogens with zero attached hydrogens (tertiary/aromatic N) is 1. The molecule has 2 aromatic carbocycles. The molecule has 2 N–H and O–H groups in total. The lowest BCUT2D eigenvalue weighted by Crippen LogP contribution is -2.42. The lowest BCUT2D eigenvalue weighted by Gasteiger charge is -2.35. The third kappa shape index (κ3) is 3.45. The van der Waals surface area contributed by atoms with Crippen LogP contribution >= 0.6 is 24.2 Å². The predicted octanol–water partition coefficient (Wildman–Crippen LogP) is 3.06. The van der Waals surface area contributed by atoms with E-state index in [1.165, 1.54) is 5.56 Å². The first-order valence-electron chi connectivity index (χ1n) is 8.13.